The van der Waals surface area contributed by atoms with Crippen LogP contribution in [0, 0.1) is 30.7 Å². The molecule has 0 fully saturated rings. The van der Waals surface area contributed by atoms with E-state index in [0.29, 0.717) is 32.5 Å². The topological polar surface area (TPSA) is 91.1 Å². The molecule has 8 heteroatoms. The number of esters is 2. The quantitative estimate of drug-likeness (QED) is 0.0864. The molecule has 41 heavy (non-hydrogen) atoms. The lowest BCUT2D eigenvalue weighted by molar-refractivity contribution is -0.154. The minimum Gasteiger partial charge on any atom is -0.466 e. The molecule has 0 saturated carbocycles. The SMILES string of the molecule is [C-]#[N+]C(CCCCCCC(C)(C)C(=O)OCC)(CCCCCC(C)C(C)C(=O)OCC)S(=O)(=O)c1ccc(C)cc1. The minimum atomic E-state index is -3.87. The summed E-state index contributed by atoms with van der Waals surface area (Å²) in [7, 11) is -3.87. The van der Waals surface area contributed by atoms with E-state index in [2.05, 4.69) is 4.85 Å². The number of rotatable bonds is 20. The summed E-state index contributed by atoms with van der Waals surface area (Å²) in [4.78, 5) is 26.7. The highest BCUT2D eigenvalue weighted by Gasteiger charge is 2.50. The molecule has 3 unspecified atom stereocenters. The second kappa shape index (κ2) is 17.5. The standard InChI is InChI=1S/C33H53NO6S/c1-9-39-30(35)28(5)27(4)18-14-13-17-25-33(34-8,41(37,38)29-21-19-26(3)20-22-29)24-16-12-11-15-23-32(6,7)31(36)40-10-2/h19-22,27-28H,9-18,23-25H2,1-7H3. The molecule has 0 saturated heterocycles. The van der Waals surface area contributed by atoms with Gasteiger partial charge in [-0.3, -0.25) is 14.4 Å². The van der Waals surface area contributed by atoms with Gasteiger partial charge in [-0.05, 0) is 78.4 Å². The van der Waals surface area contributed by atoms with Gasteiger partial charge in [-0.1, -0.05) is 63.6 Å². The van der Waals surface area contributed by atoms with Gasteiger partial charge in [0.2, 0.25) is 0 Å². The second-order valence-corrected chi connectivity index (χ2v) is 14.2. The molecular weight excluding hydrogens is 538 g/mol. The molecule has 7 nitrogen and oxygen atoms in total. The molecule has 0 aromatic heterocycles. The summed E-state index contributed by atoms with van der Waals surface area (Å²) < 4.78 is 38.0. The van der Waals surface area contributed by atoms with Gasteiger partial charge in [-0.15, -0.1) is 0 Å². The van der Waals surface area contributed by atoms with Crippen molar-refractivity contribution in [2.75, 3.05) is 13.2 Å². The van der Waals surface area contributed by atoms with E-state index in [1.54, 1.807) is 38.1 Å². The summed E-state index contributed by atoms with van der Waals surface area (Å²) in [6.45, 7) is 22.0. The Hall–Kier alpha value is -2.40. The molecule has 0 aliphatic heterocycles. The van der Waals surface area contributed by atoms with Gasteiger partial charge in [0.15, 0.2) is 0 Å². The summed E-state index contributed by atoms with van der Waals surface area (Å²) in [6, 6.07) is 6.78. The largest absolute Gasteiger partial charge is 0.466 e. The first-order chi connectivity index (χ1) is 19.3. The van der Waals surface area contributed by atoms with Crippen LogP contribution in [0.1, 0.15) is 118 Å². The van der Waals surface area contributed by atoms with Crippen LogP contribution in [-0.2, 0) is 28.9 Å². The Balaban J connectivity index is 2.84. The molecule has 0 spiro atoms. The third kappa shape index (κ3) is 11.1. The number of carbonyl (C=O) groups excluding carboxylic acids is 2. The molecule has 1 aromatic rings. The third-order valence-corrected chi connectivity index (χ3v) is 10.6. The molecule has 232 valence electrons. The molecule has 0 amide bonds. The highest BCUT2D eigenvalue weighted by molar-refractivity contribution is 7.93. The zero-order valence-corrected chi connectivity index (χ0v) is 27.3. The van der Waals surface area contributed by atoms with Gasteiger partial charge < -0.3 is 9.47 Å². The van der Waals surface area contributed by atoms with Gasteiger partial charge in [0, 0.05) is 12.8 Å². The van der Waals surface area contributed by atoms with Crippen molar-refractivity contribution in [2.24, 2.45) is 17.3 Å². The van der Waals surface area contributed by atoms with E-state index in [-0.39, 0.29) is 41.5 Å². The van der Waals surface area contributed by atoms with Gasteiger partial charge in [-0.25, -0.2) is 15.0 Å². The lowest BCUT2D eigenvalue weighted by Gasteiger charge is -2.24. The third-order valence-electron chi connectivity index (χ3n) is 8.22. The Morgan fingerprint density at radius 2 is 1.37 bits per heavy atom. The van der Waals surface area contributed by atoms with Gasteiger partial charge in [0.05, 0.1) is 29.4 Å². The number of benzene rings is 1. The van der Waals surface area contributed by atoms with Crippen LogP contribution in [0.3, 0.4) is 0 Å². The van der Waals surface area contributed by atoms with E-state index in [9.17, 15) is 18.0 Å². The lowest BCUT2D eigenvalue weighted by atomic mass is 9.87. The molecule has 0 radical (unpaired) electrons. The smallest absolute Gasteiger partial charge is 0.333 e. The van der Waals surface area contributed by atoms with Crippen molar-refractivity contribution in [1.82, 2.24) is 0 Å². The average Bonchev–Trinajstić information content (AvgIpc) is 2.93. The Labute approximate surface area is 249 Å². The van der Waals surface area contributed by atoms with Gasteiger partial charge in [0.25, 0.3) is 9.84 Å². The maximum absolute atomic E-state index is 13.9. The van der Waals surface area contributed by atoms with Crippen LogP contribution in [-0.4, -0.2) is 38.4 Å². The number of unbranched alkanes of at least 4 members (excludes halogenated alkanes) is 5. The molecular formula is C33H53NO6S. The summed E-state index contributed by atoms with van der Waals surface area (Å²) in [6.07, 6.45) is 7.51. The Kier molecular flexibility index (Phi) is 15.7. The number of hydrogen-bond donors (Lipinski definition) is 0. The van der Waals surface area contributed by atoms with E-state index < -0.39 is 20.1 Å². The fourth-order valence-corrected chi connectivity index (χ4v) is 6.93. The first-order valence-electron chi connectivity index (χ1n) is 15.3. The summed E-state index contributed by atoms with van der Waals surface area (Å²) >= 11 is 0. The number of nitrogens with zero attached hydrogens (tertiary/aromatic N) is 1. The molecule has 0 bridgehead atoms. The normalized spacial score (nSPS) is 14.9. The van der Waals surface area contributed by atoms with E-state index >= 15 is 0 Å². The molecule has 0 N–H and O–H groups in total. The van der Waals surface area contributed by atoms with E-state index in [4.69, 9.17) is 16.0 Å². The number of aryl methyl sites for hydroxylation is 1. The van der Waals surface area contributed by atoms with Crippen LogP contribution < -0.4 is 0 Å². The molecule has 0 heterocycles. The van der Waals surface area contributed by atoms with Crippen LogP contribution >= 0.6 is 0 Å². The highest BCUT2D eigenvalue weighted by Crippen LogP contribution is 2.38. The molecule has 0 aliphatic carbocycles. The number of ether oxygens (including phenoxy) is 2. The van der Waals surface area contributed by atoms with E-state index in [0.717, 1.165) is 44.1 Å². The lowest BCUT2D eigenvalue weighted by Crippen LogP contribution is -2.35. The average molecular weight is 592 g/mol. The molecule has 1 rings (SSSR count). The van der Waals surface area contributed by atoms with Crippen molar-refractivity contribution in [2.45, 2.75) is 129 Å². The molecule has 1 aromatic carbocycles. The zero-order chi connectivity index (χ0) is 31.1. The van der Waals surface area contributed by atoms with Gasteiger partial charge in [0.1, 0.15) is 0 Å². The monoisotopic (exact) mass is 591 g/mol. The Morgan fingerprint density at radius 1 is 0.854 bits per heavy atom. The first-order valence-corrected chi connectivity index (χ1v) is 16.8. The second-order valence-electron chi connectivity index (χ2n) is 12.0. The maximum atomic E-state index is 13.9. The predicted octanol–water partition coefficient (Wildman–Crippen LogP) is 8.10. The van der Waals surface area contributed by atoms with Gasteiger partial charge >= 0.3 is 16.8 Å². The molecule has 3 atom stereocenters. The van der Waals surface area contributed by atoms with Crippen LogP contribution in [0.25, 0.3) is 4.85 Å². The summed E-state index contributed by atoms with van der Waals surface area (Å²) in [5.74, 6) is -0.381. The van der Waals surface area contributed by atoms with Crippen LogP contribution in [0.2, 0.25) is 0 Å². The van der Waals surface area contributed by atoms with Crippen molar-refractivity contribution >= 4 is 21.8 Å². The van der Waals surface area contributed by atoms with Crippen LogP contribution in [0.5, 0.6) is 0 Å². The van der Waals surface area contributed by atoms with E-state index in [1.165, 1.54) is 0 Å². The van der Waals surface area contributed by atoms with Crippen molar-refractivity contribution < 1.29 is 27.5 Å². The Morgan fingerprint density at radius 3 is 1.88 bits per heavy atom. The summed E-state index contributed by atoms with van der Waals surface area (Å²) in [5.41, 5.74) is 0.422. The van der Waals surface area contributed by atoms with Gasteiger partial charge in [-0.2, -0.15) is 0 Å². The van der Waals surface area contributed by atoms with Crippen molar-refractivity contribution in [3.8, 4) is 0 Å². The van der Waals surface area contributed by atoms with E-state index in [1.807, 2.05) is 34.6 Å². The van der Waals surface area contributed by atoms with Crippen LogP contribution in [0.4, 0.5) is 0 Å². The molecule has 0 aliphatic rings. The fourth-order valence-electron chi connectivity index (χ4n) is 5.05. The maximum Gasteiger partial charge on any atom is 0.333 e. The van der Waals surface area contributed by atoms with Crippen LogP contribution in [0.15, 0.2) is 29.2 Å². The predicted molar refractivity (Wildman–Crippen MR) is 164 cm³/mol. The Bertz CT molecular complexity index is 1090. The fraction of sp³-hybridized carbons (Fsp3) is 0.727. The van der Waals surface area contributed by atoms with Crippen molar-refractivity contribution in [3.05, 3.63) is 41.2 Å². The number of sulfone groups is 1. The zero-order valence-electron chi connectivity index (χ0n) is 26.5. The summed E-state index contributed by atoms with van der Waals surface area (Å²) in [5, 5.41) is 0. The highest BCUT2D eigenvalue weighted by atomic mass is 32.2. The first kappa shape index (κ1) is 36.6. The minimum absolute atomic E-state index is 0.171. The van der Waals surface area contributed by atoms with Crippen molar-refractivity contribution in [3.63, 3.8) is 0 Å². The number of hydrogen-bond acceptors (Lipinski definition) is 6. The van der Waals surface area contributed by atoms with Crippen molar-refractivity contribution in [1.29, 1.82) is 0 Å². The number of carbonyl (C=O) groups is 2.